The summed E-state index contributed by atoms with van der Waals surface area (Å²) in [7, 11) is 0. The Balaban J connectivity index is 2.06. The number of benzene rings is 1. The molecule has 0 aliphatic carbocycles. The van der Waals surface area contributed by atoms with Crippen molar-refractivity contribution in [2.45, 2.75) is 39.3 Å². The van der Waals surface area contributed by atoms with Gasteiger partial charge in [-0.25, -0.2) is 0 Å². The van der Waals surface area contributed by atoms with E-state index in [0.717, 1.165) is 23.4 Å². The minimum absolute atomic E-state index is 0.401. The lowest BCUT2D eigenvalue weighted by atomic mass is 10.1. The van der Waals surface area contributed by atoms with Gasteiger partial charge in [-0.3, -0.25) is 4.68 Å². The second-order valence-electron chi connectivity index (χ2n) is 5.09. The van der Waals surface area contributed by atoms with Crippen LogP contribution in [0.1, 0.15) is 37.6 Å². The maximum absolute atomic E-state index is 6.20. The molecule has 0 fully saturated rings. The molecular formula is C16H22ClN3O. The number of aromatic nitrogens is 2. The molecule has 0 bridgehead atoms. The third-order valence-corrected chi connectivity index (χ3v) is 3.91. The van der Waals surface area contributed by atoms with Crippen molar-refractivity contribution in [2.24, 2.45) is 5.73 Å². The van der Waals surface area contributed by atoms with Gasteiger partial charge in [0.1, 0.15) is 12.4 Å². The van der Waals surface area contributed by atoms with Gasteiger partial charge in [-0.2, -0.15) is 5.10 Å². The molecule has 0 spiro atoms. The fourth-order valence-corrected chi connectivity index (χ4v) is 2.36. The van der Waals surface area contributed by atoms with Gasteiger partial charge in [0.2, 0.25) is 0 Å². The van der Waals surface area contributed by atoms with Gasteiger partial charge in [-0.15, -0.1) is 0 Å². The fraction of sp³-hybridized carbons (Fsp3) is 0.438. The van der Waals surface area contributed by atoms with Gasteiger partial charge in [-0.05, 0) is 44.5 Å². The molecule has 2 N–H and O–H groups in total. The van der Waals surface area contributed by atoms with E-state index in [4.69, 9.17) is 22.1 Å². The lowest BCUT2D eigenvalue weighted by molar-refractivity contribution is 0.295. The van der Waals surface area contributed by atoms with E-state index in [0.29, 0.717) is 30.6 Å². The van der Waals surface area contributed by atoms with Crippen molar-refractivity contribution in [1.82, 2.24) is 9.78 Å². The van der Waals surface area contributed by atoms with E-state index < -0.39 is 0 Å². The first-order valence-electron chi connectivity index (χ1n) is 7.30. The lowest BCUT2D eigenvalue weighted by Gasteiger charge is -2.12. The van der Waals surface area contributed by atoms with E-state index in [9.17, 15) is 0 Å². The van der Waals surface area contributed by atoms with Crippen LogP contribution in [0.3, 0.4) is 0 Å². The summed E-state index contributed by atoms with van der Waals surface area (Å²) in [6.07, 6.45) is 3.75. The number of hydrogen-bond acceptors (Lipinski definition) is 3. The molecule has 1 atom stereocenters. The first-order valence-corrected chi connectivity index (χ1v) is 7.67. The minimum atomic E-state index is 0.401. The Bertz CT molecular complexity index is 583. The summed E-state index contributed by atoms with van der Waals surface area (Å²) in [5.74, 6) is 0.783. The zero-order valence-electron chi connectivity index (χ0n) is 12.6. The highest BCUT2D eigenvalue weighted by Crippen LogP contribution is 2.27. The summed E-state index contributed by atoms with van der Waals surface area (Å²) in [6, 6.07) is 8.05. The summed E-state index contributed by atoms with van der Waals surface area (Å²) in [4.78, 5) is 0. The summed E-state index contributed by atoms with van der Waals surface area (Å²) >= 11 is 6.20. The molecule has 4 nitrogen and oxygen atoms in total. The van der Waals surface area contributed by atoms with E-state index in [1.54, 1.807) is 0 Å². The molecule has 1 unspecified atom stereocenters. The van der Waals surface area contributed by atoms with Crippen LogP contribution in [0.15, 0.2) is 30.5 Å². The van der Waals surface area contributed by atoms with Gasteiger partial charge < -0.3 is 10.5 Å². The zero-order chi connectivity index (χ0) is 15.2. The topological polar surface area (TPSA) is 53.1 Å². The number of rotatable bonds is 7. The van der Waals surface area contributed by atoms with Crippen LogP contribution < -0.4 is 10.5 Å². The molecule has 0 radical (unpaired) electrons. The van der Waals surface area contributed by atoms with Crippen molar-refractivity contribution in [3.8, 4) is 5.75 Å². The molecule has 0 aliphatic rings. The Labute approximate surface area is 130 Å². The molecule has 0 amide bonds. The van der Waals surface area contributed by atoms with Crippen molar-refractivity contribution in [2.75, 3.05) is 6.54 Å². The Kier molecular flexibility index (Phi) is 5.65. The Morgan fingerprint density at radius 1 is 1.38 bits per heavy atom. The zero-order valence-corrected chi connectivity index (χ0v) is 13.3. The highest BCUT2D eigenvalue weighted by atomic mass is 35.5. The molecule has 114 valence electrons. The van der Waals surface area contributed by atoms with Crippen molar-refractivity contribution >= 4 is 11.6 Å². The molecule has 2 aromatic rings. The maximum atomic E-state index is 6.20. The Hall–Kier alpha value is -1.52. The van der Waals surface area contributed by atoms with Crippen molar-refractivity contribution in [3.05, 3.63) is 46.7 Å². The van der Waals surface area contributed by atoms with Crippen LogP contribution in [0, 0.1) is 0 Å². The van der Waals surface area contributed by atoms with E-state index in [2.05, 4.69) is 18.9 Å². The summed E-state index contributed by atoms with van der Waals surface area (Å²) < 4.78 is 7.84. The number of nitrogens with zero attached hydrogens (tertiary/aromatic N) is 2. The number of halogens is 1. The highest BCUT2D eigenvalue weighted by molar-refractivity contribution is 6.31. The first-order chi connectivity index (χ1) is 10.2. The normalized spacial score (nSPS) is 12.4. The number of hydrogen-bond donors (Lipinski definition) is 1. The Morgan fingerprint density at radius 2 is 2.19 bits per heavy atom. The summed E-state index contributed by atoms with van der Waals surface area (Å²) in [5, 5.41) is 5.23. The van der Waals surface area contributed by atoms with E-state index >= 15 is 0 Å². The summed E-state index contributed by atoms with van der Waals surface area (Å²) in [5.41, 5.74) is 7.50. The molecular weight excluding hydrogens is 286 g/mol. The van der Waals surface area contributed by atoms with Gasteiger partial charge in [0, 0.05) is 22.8 Å². The number of nitrogens with two attached hydrogens (primary N) is 1. The second kappa shape index (κ2) is 7.48. The van der Waals surface area contributed by atoms with Crippen molar-refractivity contribution < 1.29 is 4.74 Å². The van der Waals surface area contributed by atoms with Crippen LogP contribution in [0.4, 0.5) is 0 Å². The van der Waals surface area contributed by atoms with Crippen LogP contribution in [-0.2, 0) is 13.0 Å². The van der Waals surface area contributed by atoms with Crippen LogP contribution in [0.25, 0.3) is 0 Å². The molecule has 0 aliphatic heterocycles. The van der Waals surface area contributed by atoms with Crippen LogP contribution in [0.2, 0.25) is 5.02 Å². The average molecular weight is 308 g/mol. The van der Waals surface area contributed by atoms with Crippen LogP contribution in [-0.4, -0.2) is 16.3 Å². The third-order valence-electron chi connectivity index (χ3n) is 3.55. The predicted octanol–water partition coefficient (Wildman–Crippen LogP) is 3.59. The van der Waals surface area contributed by atoms with E-state index in [1.165, 1.54) is 0 Å². The molecule has 1 aromatic carbocycles. The highest BCUT2D eigenvalue weighted by Gasteiger charge is 2.09. The molecule has 21 heavy (non-hydrogen) atoms. The standard InChI is InChI=1S/C16H22ClN3O/c1-3-12(2)20-10-8-13(19-20)11-21-16-6-4-5-15(17)14(16)7-9-18/h4-6,8,10,12H,3,7,9,11,18H2,1-2H3. The van der Waals surface area contributed by atoms with Gasteiger partial charge in [0.05, 0.1) is 5.69 Å². The molecule has 0 saturated carbocycles. The largest absolute Gasteiger partial charge is 0.487 e. The van der Waals surface area contributed by atoms with Crippen LogP contribution >= 0.6 is 11.6 Å². The van der Waals surface area contributed by atoms with Gasteiger partial charge in [0.15, 0.2) is 0 Å². The van der Waals surface area contributed by atoms with E-state index in [-0.39, 0.29) is 0 Å². The van der Waals surface area contributed by atoms with Crippen molar-refractivity contribution in [1.29, 1.82) is 0 Å². The Morgan fingerprint density at radius 3 is 2.90 bits per heavy atom. The molecule has 2 rings (SSSR count). The second-order valence-corrected chi connectivity index (χ2v) is 5.50. The SMILES string of the molecule is CCC(C)n1ccc(COc2cccc(Cl)c2CCN)n1. The summed E-state index contributed by atoms with van der Waals surface area (Å²) in [6.45, 7) is 5.27. The predicted molar refractivity (Wildman–Crippen MR) is 85.8 cm³/mol. The first kappa shape index (κ1) is 15.9. The smallest absolute Gasteiger partial charge is 0.132 e. The lowest BCUT2D eigenvalue weighted by Crippen LogP contribution is -2.07. The quantitative estimate of drug-likeness (QED) is 0.850. The average Bonchev–Trinajstić information content (AvgIpc) is 2.96. The monoisotopic (exact) mass is 307 g/mol. The molecule has 1 heterocycles. The van der Waals surface area contributed by atoms with Crippen molar-refractivity contribution in [3.63, 3.8) is 0 Å². The maximum Gasteiger partial charge on any atom is 0.132 e. The van der Waals surface area contributed by atoms with Gasteiger partial charge in [0.25, 0.3) is 0 Å². The molecule has 0 saturated heterocycles. The molecule has 1 aromatic heterocycles. The van der Waals surface area contributed by atoms with Crippen LogP contribution in [0.5, 0.6) is 5.75 Å². The third kappa shape index (κ3) is 3.99. The van der Waals surface area contributed by atoms with Gasteiger partial charge >= 0.3 is 0 Å². The minimum Gasteiger partial charge on any atom is -0.487 e. The van der Waals surface area contributed by atoms with E-state index in [1.807, 2.05) is 35.1 Å². The number of ether oxygens (including phenoxy) is 1. The fourth-order valence-electron chi connectivity index (χ4n) is 2.10. The molecule has 5 heteroatoms. The van der Waals surface area contributed by atoms with Gasteiger partial charge in [-0.1, -0.05) is 24.6 Å².